The van der Waals surface area contributed by atoms with Crippen LogP contribution in [0, 0.1) is 5.92 Å². The number of nitrogens with two attached hydrogens (primary N) is 3. The molecular formula is C21H37N7O9. The summed E-state index contributed by atoms with van der Waals surface area (Å²) < 4.78 is 0. The lowest BCUT2D eigenvalue weighted by molar-refractivity contribution is -0.142. The van der Waals surface area contributed by atoms with E-state index in [0.29, 0.717) is 0 Å². The maximum atomic E-state index is 12.9. The highest BCUT2D eigenvalue weighted by molar-refractivity contribution is 5.94. The molecule has 12 N–H and O–H groups in total. The number of hydrogen-bond acceptors (Lipinski definition) is 8. The van der Waals surface area contributed by atoms with E-state index in [9.17, 15) is 33.9 Å². The summed E-state index contributed by atoms with van der Waals surface area (Å²) in [5.74, 6) is -6.94. The predicted octanol–water partition coefficient (Wildman–Crippen LogP) is -2.71. The number of rotatable bonds is 18. The molecule has 16 heteroatoms. The zero-order chi connectivity index (χ0) is 28.7. The SMILES string of the molecule is CC(C)CC(NC(=O)C(CCCN=C(N)N)NC(=O)C(CCC(=O)O)NC(=O)C(N)CC(=O)O)C(=O)O. The van der Waals surface area contributed by atoms with Gasteiger partial charge in [-0.15, -0.1) is 0 Å². The summed E-state index contributed by atoms with van der Waals surface area (Å²) >= 11 is 0. The Hall–Kier alpha value is -3.95. The molecule has 0 spiro atoms. The Morgan fingerprint density at radius 2 is 1.30 bits per heavy atom. The van der Waals surface area contributed by atoms with Gasteiger partial charge in [0.1, 0.15) is 18.1 Å². The first-order chi connectivity index (χ1) is 17.1. The third-order valence-electron chi connectivity index (χ3n) is 4.91. The fourth-order valence-electron chi connectivity index (χ4n) is 3.11. The average Bonchev–Trinajstić information content (AvgIpc) is 2.76. The van der Waals surface area contributed by atoms with Crippen LogP contribution in [0.3, 0.4) is 0 Å². The summed E-state index contributed by atoms with van der Waals surface area (Å²) in [6, 6.07) is -5.50. The van der Waals surface area contributed by atoms with Crippen molar-refractivity contribution in [3.8, 4) is 0 Å². The van der Waals surface area contributed by atoms with E-state index in [4.69, 9.17) is 27.4 Å². The first-order valence-corrected chi connectivity index (χ1v) is 11.5. The van der Waals surface area contributed by atoms with E-state index in [1.807, 2.05) is 0 Å². The fraction of sp³-hybridized carbons (Fsp3) is 0.667. The first kappa shape index (κ1) is 33.0. The quantitative estimate of drug-likeness (QED) is 0.0495. The van der Waals surface area contributed by atoms with E-state index in [-0.39, 0.29) is 44.1 Å². The molecule has 0 radical (unpaired) electrons. The summed E-state index contributed by atoms with van der Waals surface area (Å²) in [7, 11) is 0. The van der Waals surface area contributed by atoms with Crippen LogP contribution in [-0.2, 0) is 28.8 Å². The van der Waals surface area contributed by atoms with Gasteiger partial charge >= 0.3 is 17.9 Å². The normalized spacial score (nSPS) is 13.9. The minimum absolute atomic E-state index is 0.0273. The van der Waals surface area contributed by atoms with E-state index in [2.05, 4.69) is 20.9 Å². The number of carboxylic acid groups (broad SMARTS) is 3. The first-order valence-electron chi connectivity index (χ1n) is 11.5. The van der Waals surface area contributed by atoms with Crippen LogP contribution in [0.5, 0.6) is 0 Å². The molecule has 0 heterocycles. The number of carboxylic acids is 3. The summed E-state index contributed by atoms with van der Waals surface area (Å²) in [4.78, 5) is 75.3. The summed E-state index contributed by atoms with van der Waals surface area (Å²) in [6.45, 7) is 3.63. The molecule has 0 saturated carbocycles. The zero-order valence-corrected chi connectivity index (χ0v) is 20.8. The predicted molar refractivity (Wildman–Crippen MR) is 130 cm³/mol. The van der Waals surface area contributed by atoms with Gasteiger partial charge < -0.3 is 48.5 Å². The number of nitrogens with zero attached hydrogens (tertiary/aromatic N) is 1. The Morgan fingerprint density at radius 1 is 0.784 bits per heavy atom. The second-order valence-corrected chi connectivity index (χ2v) is 8.74. The molecule has 0 fully saturated rings. The topological polar surface area (TPSA) is 290 Å². The Balaban J connectivity index is 5.72. The van der Waals surface area contributed by atoms with Gasteiger partial charge in [0, 0.05) is 13.0 Å². The molecule has 0 rings (SSSR count). The third kappa shape index (κ3) is 14.9. The van der Waals surface area contributed by atoms with Crippen molar-refractivity contribution in [3.63, 3.8) is 0 Å². The molecule has 0 bridgehead atoms. The van der Waals surface area contributed by atoms with Crippen molar-refractivity contribution in [1.82, 2.24) is 16.0 Å². The van der Waals surface area contributed by atoms with Crippen LogP contribution in [0.2, 0.25) is 0 Å². The van der Waals surface area contributed by atoms with Crippen LogP contribution in [0.15, 0.2) is 4.99 Å². The van der Waals surface area contributed by atoms with Crippen molar-refractivity contribution < 1.29 is 44.1 Å². The van der Waals surface area contributed by atoms with E-state index in [1.54, 1.807) is 13.8 Å². The standard InChI is InChI=1S/C21H37N7O9/c1-10(2)8-14(20(36)37)28-18(34)12(4-3-7-25-21(23)24)27-19(35)13(5-6-15(29)30)26-17(33)11(22)9-16(31)32/h10-14H,3-9,22H2,1-2H3,(H,26,33)(H,27,35)(H,28,34)(H,29,30)(H,31,32)(H,36,37)(H4,23,24,25). The van der Waals surface area contributed by atoms with Crippen molar-refractivity contribution in [2.75, 3.05) is 6.54 Å². The molecule has 0 aliphatic carbocycles. The molecular weight excluding hydrogens is 494 g/mol. The van der Waals surface area contributed by atoms with Crippen LogP contribution in [-0.4, -0.2) is 87.6 Å². The van der Waals surface area contributed by atoms with Crippen molar-refractivity contribution in [2.24, 2.45) is 28.1 Å². The van der Waals surface area contributed by atoms with Crippen LogP contribution in [0.4, 0.5) is 0 Å². The Labute approximate surface area is 213 Å². The van der Waals surface area contributed by atoms with Gasteiger partial charge in [-0.3, -0.25) is 29.0 Å². The monoisotopic (exact) mass is 531 g/mol. The molecule has 0 saturated heterocycles. The van der Waals surface area contributed by atoms with Gasteiger partial charge in [-0.1, -0.05) is 13.8 Å². The lowest BCUT2D eigenvalue weighted by Crippen LogP contribution is -2.57. The molecule has 0 aromatic heterocycles. The smallest absolute Gasteiger partial charge is 0.326 e. The highest BCUT2D eigenvalue weighted by Crippen LogP contribution is 2.08. The molecule has 16 nitrogen and oxygen atoms in total. The van der Waals surface area contributed by atoms with Gasteiger partial charge in [0.2, 0.25) is 17.7 Å². The molecule has 0 aliphatic heterocycles. The molecule has 0 aromatic carbocycles. The van der Waals surface area contributed by atoms with Gasteiger partial charge in [-0.25, -0.2) is 4.79 Å². The number of aliphatic imine (C=N–C) groups is 1. The molecule has 37 heavy (non-hydrogen) atoms. The number of carbonyl (C=O) groups is 6. The van der Waals surface area contributed by atoms with Gasteiger partial charge in [0.15, 0.2) is 5.96 Å². The fourth-order valence-corrected chi connectivity index (χ4v) is 3.11. The van der Waals surface area contributed by atoms with Gasteiger partial charge in [0.25, 0.3) is 0 Å². The van der Waals surface area contributed by atoms with E-state index in [1.165, 1.54) is 0 Å². The number of carbonyl (C=O) groups excluding carboxylic acids is 3. The van der Waals surface area contributed by atoms with E-state index in [0.717, 1.165) is 0 Å². The zero-order valence-electron chi connectivity index (χ0n) is 20.8. The lowest BCUT2D eigenvalue weighted by Gasteiger charge is -2.25. The summed E-state index contributed by atoms with van der Waals surface area (Å²) in [6.07, 6.45) is -1.37. The number of hydrogen-bond donors (Lipinski definition) is 9. The molecule has 4 unspecified atom stereocenters. The van der Waals surface area contributed by atoms with Gasteiger partial charge in [0.05, 0.1) is 12.5 Å². The Morgan fingerprint density at radius 3 is 1.76 bits per heavy atom. The van der Waals surface area contributed by atoms with Crippen LogP contribution < -0.4 is 33.2 Å². The third-order valence-corrected chi connectivity index (χ3v) is 4.91. The van der Waals surface area contributed by atoms with Crippen molar-refractivity contribution >= 4 is 41.6 Å². The number of amides is 3. The highest BCUT2D eigenvalue weighted by Gasteiger charge is 2.31. The average molecular weight is 532 g/mol. The molecule has 0 aromatic rings. The summed E-state index contributed by atoms with van der Waals surface area (Å²) in [5, 5.41) is 34.2. The Kier molecular flexibility index (Phi) is 14.9. The minimum atomic E-state index is -1.51. The second-order valence-electron chi connectivity index (χ2n) is 8.74. The maximum absolute atomic E-state index is 12.9. The van der Waals surface area contributed by atoms with Crippen LogP contribution in [0.1, 0.15) is 52.4 Å². The number of nitrogens with one attached hydrogen (secondary N) is 3. The largest absolute Gasteiger partial charge is 0.481 e. The van der Waals surface area contributed by atoms with Crippen LogP contribution in [0.25, 0.3) is 0 Å². The number of aliphatic carboxylic acids is 3. The second kappa shape index (κ2) is 16.7. The molecule has 4 atom stereocenters. The van der Waals surface area contributed by atoms with E-state index >= 15 is 0 Å². The van der Waals surface area contributed by atoms with Crippen molar-refractivity contribution in [3.05, 3.63) is 0 Å². The molecule has 0 aliphatic rings. The molecule has 210 valence electrons. The lowest BCUT2D eigenvalue weighted by atomic mass is 10.0. The minimum Gasteiger partial charge on any atom is -0.481 e. The van der Waals surface area contributed by atoms with Gasteiger partial charge in [-0.05, 0) is 31.6 Å². The van der Waals surface area contributed by atoms with Gasteiger partial charge in [-0.2, -0.15) is 0 Å². The maximum Gasteiger partial charge on any atom is 0.326 e. The van der Waals surface area contributed by atoms with Crippen molar-refractivity contribution in [1.29, 1.82) is 0 Å². The molecule has 3 amide bonds. The highest BCUT2D eigenvalue weighted by atomic mass is 16.4. The van der Waals surface area contributed by atoms with Crippen LogP contribution >= 0.6 is 0 Å². The number of guanidine groups is 1. The Bertz CT molecular complexity index is 859. The van der Waals surface area contributed by atoms with Crippen molar-refractivity contribution in [2.45, 2.75) is 76.5 Å². The van der Waals surface area contributed by atoms with E-state index < -0.39 is 72.6 Å². The summed E-state index contributed by atoms with van der Waals surface area (Å²) in [5.41, 5.74) is 16.1.